The van der Waals surface area contributed by atoms with E-state index in [1.54, 1.807) is 0 Å². The Bertz CT molecular complexity index is 395. The lowest BCUT2D eigenvalue weighted by Crippen LogP contribution is -2.13. The predicted molar refractivity (Wildman–Crippen MR) is 49.1 cm³/mol. The second kappa shape index (κ2) is 3.73. The van der Waals surface area contributed by atoms with Crippen LogP contribution >= 0.6 is 0 Å². The number of halogens is 4. The molecule has 0 aromatic heterocycles. The van der Waals surface area contributed by atoms with Crippen LogP contribution in [0.5, 0.6) is 0 Å². The summed E-state index contributed by atoms with van der Waals surface area (Å²) in [5, 5.41) is 9.66. The van der Waals surface area contributed by atoms with E-state index >= 15 is 0 Å². The monoisotopic (exact) mass is 234 g/mol. The summed E-state index contributed by atoms with van der Waals surface area (Å²) in [7, 11) is 0. The quantitative estimate of drug-likeness (QED) is 0.778. The van der Waals surface area contributed by atoms with Crippen LogP contribution in [-0.4, -0.2) is 5.11 Å². The Labute approximate surface area is 89.7 Å². The second-order valence-corrected chi connectivity index (χ2v) is 4.01. The predicted octanol–water partition coefficient (Wildman–Crippen LogP) is 3.29. The first kappa shape index (κ1) is 11.4. The van der Waals surface area contributed by atoms with Crippen molar-refractivity contribution in [2.24, 2.45) is 5.92 Å². The van der Waals surface area contributed by atoms with Crippen molar-refractivity contribution in [3.05, 3.63) is 35.1 Å². The molecule has 1 aliphatic rings. The van der Waals surface area contributed by atoms with Gasteiger partial charge in [-0.1, -0.05) is 0 Å². The molecule has 1 aromatic carbocycles. The average molecular weight is 234 g/mol. The van der Waals surface area contributed by atoms with Crippen LogP contribution in [0.1, 0.15) is 30.1 Å². The zero-order valence-electron chi connectivity index (χ0n) is 8.26. The summed E-state index contributed by atoms with van der Waals surface area (Å²) in [6, 6.07) is 2.20. The third-order valence-electron chi connectivity index (χ3n) is 2.71. The fourth-order valence-corrected chi connectivity index (χ4v) is 1.70. The molecule has 1 N–H and O–H groups in total. The molecule has 0 radical (unpaired) electrons. The van der Waals surface area contributed by atoms with E-state index in [9.17, 15) is 22.7 Å². The zero-order chi connectivity index (χ0) is 11.9. The van der Waals surface area contributed by atoms with Crippen molar-refractivity contribution in [2.75, 3.05) is 0 Å². The molecule has 1 aliphatic carbocycles. The first-order valence-electron chi connectivity index (χ1n) is 4.94. The molecule has 0 heterocycles. The van der Waals surface area contributed by atoms with Gasteiger partial charge in [0, 0.05) is 0 Å². The molecule has 16 heavy (non-hydrogen) atoms. The van der Waals surface area contributed by atoms with Gasteiger partial charge in [-0.2, -0.15) is 13.2 Å². The SMILES string of the molecule is OC(c1cc(F)ccc1C(F)(F)F)C1CC1. The van der Waals surface area contributed by atoms with Crippen molar-refractivity contribution in [1.82, 2.24) is 0 Å². The number of aliphatic hydroxyl groups excluding tert-OH is 1. The molecule has 2 rings (SSSR count). The molecule has 1 fully saturated rings. The van der Waals surface area contributed by atoms with Crippen molar-refractivity contribution >= 4 is 0 Å². The fourth-order valence-electron chi connectivity index (χ4n) is 1.70. The number of alkyl halides is 3. The Morgan fingerprint density at radius 3 is 2.38 bits per heavy atom. The zero-order valence-corrected chi connectivity index (χ0v) is 8.26. The van der Waals surface area contributed by atoms with Gasteiger partial charge in [0.1, 0.15) is 5.82 Å². The number of hydrogen-bond donors (Lipinski definition) is 1. The summed E-state index contributed by atoms with van der Waals surface area (Å²) in [4.78, 5) is 0. The highest BCUT2D eigenvalue weighted by atomic mass is 19.4. The van der Waals surface area contributed by atoms with Gasteiger partial charge in [-0.15, -0.1) is 0 Å². The number of benzene rings is 1. The maximum atomic E-state index is 12.9. The third kappa shape index (κ3) is 2.19. The molecule has 1 atom stereocenters. The van der Waals surface area contributed by atoms with Crippen LogP contribution in [0.25, 0.3) is 0 Å². The Balaban J connectivity index is 2.43. The van der Waals surface area contributed by atoms with Crippen LogP contribution in [0.3, 0.4) is 0 Å². The van der Waals surface area contributed by atoms with Crippen LogP contribution in [0.4, 0.5) is 17.6 Å². The van der Waals surface area contributed by atoms with Crippen molar-refractivity contribution < 1.29 is 22.7 Å². The summed E-state index contributed by atoms with van der Waals surface area (Å²) in [5.41, 5.74) is -1.30. The van der Waals surface area contributed by atoms with E-state index < -0.39 is 23.7 Å². The van der Waals surface area contributed by atoms with E-state index in [1.807, 2.05) is 0 Å². The minimum atomic E-state index is -4.56. The van der Waals surface area contributed by atoms with Crippen LogP contribution in [0, 0.1) is 11.7 Å². The smallest absolute Gasteiger partial charge is 0.388 e. The minimum absolute atomic E-state index is 0.164. The Kier molecular flexibility index (Phi) is 2.66. The lowest BCUT2D eigenvalue weighted by Gasteiger charge is -2.17. The third-order valence-corrected chi connectivity index (χ3v) is 2.71. The molecular formula is C11H10F4O. The summed E-state index contributed by atoms with van der Waals surface area (Å²) in [6.45, 7) is 0. The number of hydrogen-bond acceptors (Lipinski definition) is 1. The Morgan fingerprint density at radius 2 is 1.88 bits per heavy atom. The van der Waals surface area contributed by atoms with Crippen LogP contribution in [-0.2, 0) is 6.18 Å². The molecule has 1 nitrogen and oxygen atoms in total. The van der Waals surface area contributed by atoms with E-state index in [-0.39, 0.29) is 11.5 Å². The second-order valence-electron chi connectivity index (χ2n) is 4.01. The van der Waals surface area contributed by atoms with Crippen molar-refractivity contribution in [3.63, 3.8) is 0 Å². The molecule has 5 heteroatoms. The number of aliphatic hydroxyl groups is 1. The highest BCUT2D eigenvalue weighted by molar-refractivity contribution is 5.33. The Hall–Kier alpha value is -1.10. The van der Waals surface area contributed by atoms with E-state index in [4.69, 9.17) is 0 Å². The van der Waals surface area contributed by atoms with Gasteiger partial charge in [-0.05, 0) is 42.5 Å². The van der Waals surface area contributed by atoms with Gasteiger partial charge >= 0.3 is 6.18 Å². The normalized spacial score (nSPS) is 18.6. The van der Waals surface area contributed by atoms with Crippen molar-refractivity contribution in [1.29, 1.82) is 0 Å². The highest BCUT2D eigenvalue weighted by Crippen LogP contribution is 2.44. The summed E-state index contributed by atoms with van der Waals surface area (Å²) >= 11 is 0. The largest absolute Gasteiger partial charge is 0.416 e. The fraction of sp³-hybridized carbons (Fsp3) is 0.455. The van der Waals surface area contributed by atoms with Gasteiger partial charge < -0.3 is 5.11 Å². The first-order chi connectivity index (χ1) is 7.39. The maximum Gasteiger partial charge on any atom is 0.416 e. The Morgan fingerprint density at radius 1 is 1.25 bits per heavy atom. The average Bonchev–Trinajstić information content (AvgIpc) is 2.97. The maximum absolute atomic E-state index is 12.9. The molecule has 88 valence electrons. The van der Waals surface area contributed by atoms with E-state index in [0.29, 0.717) is 18.9 Å². The van der Waals surface area contributed by atoms with Crippen molar-refractivity contribution in [3.8, 4) is 0 Å². The van der Waals surface area contributed by atoms with Crippen LogP contribution in [0.15, 0.2) is 18.2 Å². The summed E-state index contributed by atoms with van der Waals surface area (Å²) < 4.78 is 50.7. The molecular weight excluding hydrogens is 224 g/mol. The van der Waals surface area contributed by atoms with E-state index in [2.05, 4.69) is 0 Å². The van der Waals surface area contributed by atoms with Crippen LogP contribution < -0.4 is 0 Å². The molecule has 0 amide bonds. The molecule has 0 aliphatic heterocycles. The van der Waals surface area contributed by atoms with E-state index in [0.717, 1.165) is 12.1 Å². The molecule has 1 unspecified atom stereocenters. The molecule has 0 bridgehead atoms. The lowest BCUT2D eigenvalue weighted by molar-refractivity contribution is -0.139. The summed E-state index contributed by atoms with van der Waals surface area (Å²) in [6.07, 6.45) is -4.39. The molecule has 1 aromatic rings. The molecule has 0 spiro atoms. The van der Waals surface area contributed by atoms with E-state index in [1.165, 1.54) is 0 Å². The first-order valence-corrected chi connectivity index (χ1v) is 4.94. The standard InChI is InChI=1S/C11H10F4O/c12-7-3-4-9(11(13,14)15)8(5-7)10(16)6-1-2-6/h3-6,10,16H,1-2H2. The highest BCUT2D eigenvalue weighted by Gasteiger charge is 2.39. The van der Waals surface area contributed by atoms with Gasteiger partial charge in [0.15, 0.2) is 0 Å². The van der Waals surface area contributed by atoms with Crippen molar-refractivity contribution in [2.45, 2.75) is 25.1 Å². The molecule has 1 saturated carbocycles. The minimum Gasteiger partial charge on any atom is -0.388 e. The van der Waals surface area contributed by atoms with Gasteiger partial charge in [0.25, 0.3) is 0 Å². The molecule has 0 saturated heterocycles. The van der Waals surface area contributed by atoms with Gasteiger partial charge in [-0.25, -0.2) is 4.39 Å². The number of rotatable bonds is 2. The topological polar surface area (TPSA) is 20.2 Å². The lowest BCUT2D eigenvalue weighted by atomic mass is 9.98. The van der Waals surface area contributed by atoms with Gasteiger partial charge in [-0.3, -0.25) is 0 Å². The van der Waals surface area contributed by atoms with Gasteiger partial charge in [0.05, 0.1) is 11.7 Å². The summed E-state index contributed by atoms with van der Waals surface area (Å²) in [5.74, 6) is -0.925. The van der Waals surface area contributed by atoms with Crippen LogP contribution in [0.2, 0.25) is 0 Å². The van der Waals surface area contributed by atoms with Gasteiger partial charge in [0.2, 0.25) is 0 Å².